The van der Waals surface area contributed by atoms with Crippen molar-refractivity contribution in [3.8, 4) is 0 Å². The van der Waals surface area contributed by atoms with Gasteiger partial charge >= 0.3 is 11.8 Å². The van der Waals surface area contributed by atoms with Gasteiger partial charge in [-0.05, 0) is 72.7 Å². The largest absolute Gasteiger partial charge is 0.444 e. The molecular weight excluding hydrogens is 523 g/mol. The lowest BCUT2D eigenvalue weighted by atomic mass is 10.0. The van der Waals surface area contributed by atoms with Crippen molar-refractivity contribution in [3.05, 3.63) is 44.9 Å². The Morgan fingerprint density at radius 3 is 2.33 bits per heavy atom. The highest BCUT2D eigenvalue weighted by Gasteiger charge is 2.37. The van der Waals surface area contributed by atoms with Crippen LogP contribution in [-0.2, 0) is 4.74 Å². The monoisotopic (exact) mass is 560 g/mol. The predicted octanol–water partition coefficient (Wildman–Crippen LogP) is 5.91. The first-order chi connectivity index (χ1) is 18.1. The molecular formula is C28H38ClFN6O3. The number of amides is 1. The number of fused-ring (bicyclic) bond motifs is 1. The fraction of sp³-hybridized carbons (Fsp3) is 0.536. The van der Waals surface area contributed by atoms with Crippen LogP contribution in [0.15, 0.2) is 33.2 Å². The molecule has 1 saturated heterocycles. The Morgan fingerprint density at radius 2 is 1.85 bits per heavy atom. The summed E-state index contributed by atoms with van der Waals surface area (Å²) in [5.74, 6) is -0.537. The number of allylic oxidation sites excluding steroid dienone is 4. The normalized spacial score (nSPS) is 19.4. The van der Waals surface area contributed by atoms with E-state index in [0.717, 1.165) is 5.57 Å². The van der Waals surface area contributed by atoms with Gasteiger partial charge in [-0.2, -0.15) is 4.98 Å². The summed E-state index contributed by atoms with van der Waals surface area (Å²) in [6.07, 6.45) is 1.43. The van der Waals surface area contributed by atoms with E-state index in [1.807, 2.05) is 73.3 Å². The average molecular weight is 561 g/mol. The molecule has 0 aromatic carbocycles. The quantitative estimate of drug-likeness (QED) is 0.256. The zero-order valence-corrected chi connectivity index (χ0v) is 24.9. The van der Waals surface area contributed by atoms with E-state index in [-0.39, 0.29) is 34.6 Å². The SMILES string of the molecule is C=N/C(=C(\C(C)=C/C)n1c(=O)nc(N2C[C@@H](C)N(C(=O)OC(C)(C)C)[C@@H](C)C2)c2cc(F)c(Cl)nc21)C(C)C. The van der Waals surface area contributed by atoms with Gasteiger partial charge in [-0.25, -0.2) is 23.5 Å². The van der Waals surface area contributed by atoms with Crippen LogP contribution >= 0.6 is 11.6 Å². The van der Waals surface area contributed by atoms with Crippen LogP contribution in [0.3, 0.4) is 0 Å². The number of piperazine rings is 1. The van der Waals surface area contributed by atoms with Crippen LogP contribution in [0.4, 0.5) is 15.0 Å². The van der Waals surface area contributed by atoms with Crippen molar-refractivity contribution in [1.82, 2.24) is 19.4 Å². The summed E-state index contributed by atoms with van der Waals surface area (Å²) in [6.45, 7) is 21.2. The summed E-state index contributed by atoms with van der Waals surface area (Å²) in [5.41, 5.74) is 0.704. The molecule has 11 heteroatoms. The molecule has 1 aliphatic heterocycles. The maximum absolute atomic E-state index is 14.8. The molecule has 3 rings (SSSR count). The highest BCUT2D eigenvalue weighted by atomic mass is 35.5. The Balaban J connectivity index is 2.24. The Labute approximate surface area is 234 Å². The van der Waals surface area contributed by atoms with Crippen LogP contribution in [0.1, 0.15) is 62.3 Å². The van der Waals surface area contributed by atoms with E-state index in [2.05, 4.69) is 21.7 Å². The van der Waals surface area contributed by atoms with Gasteiger partial charge < -0.3 is 9.64 Å². The molecule has 0 spiro atoms. The summed E-state index contributed by atoms with van der Waals surface area (Å²) in [7, 11) is 0. The number of rotatable bonds is 5. The highest BCUT2D eigenvalue weighted by molar-refractivity contribution is 6.30. The minimum atomic E-state index is -0.731. The van der Waals surface area contributed by atoms with Crippen LogP contribution in [-0.4, -0.2) is 63.0 Å². The smallest absolute Gasteiger partial charge is 0.410 e. The zero-order chi connectivity index (χ0) is 29.4. The van der Waals surface area contributed by atoms with Gasteiger partial charge in [0, 0.05) is 13.1 Å². The second-order valence-electron chi connectivity index (χ2n) is 11.2. The summed E-state index contributed by atoms with van der Waals surface area (Å²) in [6, 6.07) is 0.704. The van der Waals surface area contributed by atoms with Crippen LogP contribution in [0.2, 0.25) is 5.15 Å². The third-order valence-electron chi connectivity index (χ3n) is 6.57. The standard InChI is InChI=1S/C28H38ClFN6O3/c1-11-16(4)22(21(31-10)15(2)3)36-25-19(12-20(30)23(29)32-25)24(33-26(36)37)34-13-17(5)35(18(6)14-34)27(38)39-28(7,8)9/h11-12,15,17-18H,10,13-14H2,1-9H3/b16-11-,22-21+/t17-,18+. The minimum Gasteiger partial charge on any atom is -0.444 e. The Hall–Kier alpha value is -3.27. The predicted molar refractivity (Wildman–Crippen MR) is 155 cm³/mol. The molecule has 0 saturated carbocycles. The zero-order valence-electron chi connectivity index (χ0n) is 24.2. The van der Waals surface area contributed by atoms with Crippen molar-refractivity contribution in [3.63, 3.8) is 0 Å². The second kappa shape index (κ2) is 11.5. The van der Waals surface area contributed by atoms with Crippen molar-refractivity contribution in [2.45, 2.75) is 80.0 Å². The average Bonchev–Trinajstić information content (AvgIpc) is 2.81. The molecule has 1 aliphatic rings. The van der Waals surface area contributed by atoms with Gasteiger partial charge in [0.05, 0.1) is 28.9 Å². The Kier molecular flexibility index (Phi) is 8.89. The molecule has 212 valence electrons. The number of nitrogens with zero attached hydrogens (tertiary/aromatic N) is 6. The molecule has 1 fully saturated rings. The van der Waals surface area contributed by atoms with E-state index in [1.54, 1.807) is 4.90 Å². The van der Waals surface area contributed by atoms with Crippen LogP contribution in [0, 0.1) is 11.7 Å². The Bertz CT molecular complexity index is 1400. The fourth-order valence-corrected chi connectivity index (χ4v) is 4.99. The molecule has 3 heterocycles. The van der Waals surface area contributed by atoms with E-state index in [0.29, 0.717) is 29.9 Å². The van der Waals surface area contributed by atoms with Gasteiger partial charge in [-0.3, -0.25) is 9.89 Å². The van der Waals surface area contributed by atoms with Gasteiger partial charge in [0.2, 0.25) is 0 Å². The van der Waals surface area contributed by atoms with E-state index in [1.165, 1.54) is 10.6 Å². The number of hydrogen-bond donors (Lipinski definition) is 0. The van der Waals surface area contributed by atoms with Crippen molar-refractivity contribution >= 4 is 47.0 Å². The summed E-state index contributed by atoms with van der Waals surface area (Å²) in [4.78, 5) is 43.1. The van der Waals surface area contributed by atoms with Gasteiger partial charge in [0.15, 0.2) is 16.6 Å². The van der Waals surface area contributed by atoms with E-state index in [4.69, 9.17) is 16.3 Å². The van der Waals surface area contributed by atoms with Crippen LogP contribution in [0.25, 0.3) is 16.7 Å². The van der Waals surface area contributed by atoms with Crippen molar-refractivity contribution < 1.29 is 13.9 Å². The first kappa shape index (κ1) is 30.3. The molecule has 0 radical (unpaired) electrons. The third-order valence-corrected chi connectivity index (χ3v) is 6.84. The number of carbonyl (C=O) groups is 1. The maximum Gasteiger partial charge on any atom is 0.410 e. The summed E-state index contributed by atoms with van der Waals surface area (Å²) in [5, 5.41) is -0.0467. The molecule has 2 aromatic heterocycles. The third kappa shape index (κ3) is 6.16. The maximum atomic E-state index is 14.8. The van der Waals surface area contributed by atoms with Gasteiger partial charge in [0.25, 0.3) is 0 Å². The van der Waals surface area contributed by atoms with E-state index in [9.17, 15) is 14.0 Å². The molecule has 9 nitrogen and oxygen atoms in total. The van der Waals surface area contributed by atoms with E-state index >= 15 is 0 Å². The number of carbonyl (C=O) groups excluding carboxylic acids is 1. The number of halogens is 2. The van der Waals surface area contributed by atoms with Gasteiger partial charge in [-0.1, -0.05) is 31.5 Å². The van der Waals surface area contributed by atoms with Crippen molar-refractivity contribution in [2.75, 3.05) is 18.0 Å². The number of aromatic nitrogens is 3. The molecule has 39 heavy (non-hydrogen) atoms. The first-order valence-corrected chi connectivity index (χ1v) is 13.4. The molecule has 0 unspecified atom stereocenters. The number of aliphatic imine (C=N–C) groups is 1. The first-order valence-electron chi connectivity index (χ1n) is 13.0. The number of anilines is 1. The molecule has 0 bridgehead atoms. The lowest BCUT2D eigenvalue weighted by molar-refractivity contribution is 0.00562. The minimum absolute atomic E-state index is 0.0763. The molecule has 0 N–H and O–H groups in total. The molecule has 1 amide bonds. The Morgan fingerprint density at radius 1 is 1.26 bits per heavy atom. The van der Waals surface area contributed by atoms with Crippen molar-refractivity contribution in [1.29, 1.82) is 0 Å². The van der Waals surface area contributed by atoms with Crippen LogP contribution in [0.5, 0.6) is 0 Å². The highest BCUT2D eigenvalue weighted by Crippen LogP contribution is 2.33. The van der Waals surface area contributed by atoms with Crippen molar-refractivity contribution in [2.24, 2.45) is 10.9 Å². The lowest BCUT2D eigenvalue weighted by Crippen LogP contribution is -2.59. The number of pyridine rings is 1. The van der Waals surface area contributed by atoms with Crippen LogP contribution < -0.4 is 10.6 Å². The van der Waals surface area contributed by atoms with Gasteiger partial charge in [0.1, 0.15) is 11.4 Å². The summed E-state index contributed by atoms with van der Waals surface area (Å²) < 4.78 is 21.8. The number of ether oxygens (including phenoxy) is 1. The van der Waals surface area contributed by atoms with E-state index < -0.39 is 23.2 Å². The lowest BCUT2D eigenvalue weighted by Gasteiger charge is -2.45. The topological polar surface area (TPSA) is 92.9 Å². The fourth-order valence-electron chi connectivity index (χ4n) is 4.86. The second-order valence-corrected chi connectivity index (χ2v) is 11.6. The number of hydrogen-bond acceptors (Lipinski definition) is 7. The molecule has 0 aliphatic carbocycles. The molecule has 2 aromatic rings. The molecule has 2 atom stereocenters. The van der Waals surface area contributed by atoms with Gasteiger partial charge in [-0.15, -0.1) is 0 Å². The summed E-state index contributed by atoms with van der Waals surface area (Å²) >= 11 is 6.14.